The van der Waals surface area contributed by atoms with Crippen molar-refractivity contribution in [2.75, 3.05) is 19.7 Å². The average molecular weight is 275 g/mol. The van der Waals surface area contributed by atoms with E-state index in [-0.39, 0.29) is 31.4 Å². The van der Waals surface area contributed by atoms with E-state index >= 15 is 0 Å². The number of hydrogen-bond acceptors (Lipinski definition) is 4. The molecule has 0 aromatic heterocycles. The predicted molar refractivity (Wildman–Crippen MR) is 72.9 cm³/mol. The summed E-state index contributed by atoms with van der Waals surface area (Å²) in [7, 11) is 0. The first kappa shape index (κ1) is 15.5. The molecule has 0 unspecified atom stereocenters. The fraction of sp³-hybridized carbons (Fsp3) is 0.357. The van der Waals surface area contributed by atoms with Gasteiger partial charge in [0.2, 0.25) is 5.91 Å². The summed E-state index contributed by atoms with van der Waals surface area (Å²) in [6, 6.07) is 9.13. The zero-order valence-electron chi connectivity index (χ0n) is 11.3. The van der Waals surface area contributed by atoms with E-state index in [1.165, 1.54) is 0 Å². The molecule has 0 bridgehead atoms. The van der Waals surface area contributed by atoms with E-state index < -0.39 is 0 Å². The van der Waals surface area contributed by atoms with Gasteiger partial charge in [0.1, 0.15) is 12.2 Å². The minimum Gasteiger partial charge on any atom is -0.484 e. The lowest BCUT2D eigenvalue weighted by molar-refractivity contribution is -0.123. The van der Waals surface area contributed by atoms with Gasteiger partial charge in [-0.1, -0.05) is 17.7 Å². The summed E-state index contributed by atoms with van der Waals surface area (Å²) in [5.74, 6) is 0.0193. The lowest BCUT2D eigenvalue weighted by atomic mass is 10.2. The summed E-state index contributed by atoms with van der Waals surface area (Å²) in [6.07, 6.45) is -0.176. The average Bonchev–Trinajstić information content (AvgIpc) is 2.43. The van der Waals surface area contributed by atoms with Crippen LogP contribution in [0.15, 0.2) is 24.3 Å². The summed E-state index contributed by atoms with van der Waals surface area (Å²) in [6.45, 7) is 2.48. The smallest absolute Gasteiger partial charge is 0.258 e. The van der Waals surface area contributed by atoms with E-state index in [0.717, 1.165) is 5.56 Å². The third kappa shape index (κ3) is 6.40. The third-order valence-corrected chi connectivity index (χ3v) is 2.40. The van der Waals surface area contributed by atoms with Crippen molar-refractivity contribution in [1.82, 2.24) is 10.6 Å². The highest BCUT2D eigenvalue weighted by Gasteiger charge is 2.03. The number of rotatable bonds is 7. The molecule has 1 aromatic rings. The minimum atomic E-state index is -0.349. The standard InChI is InChI=1S/C14H17N3O3/c1-11-2-4-12(5-3-11)20-10-14(19)17-9-8-16-13(18)6-7-15/h2-5H,6,8-10H2,1H3,(H,16,18)(H,17,19). The molecule has 0 saturated carbocycles. The summed E-state index contributed by atoms with van der Waals surface area (Å²) in [4.78, 5) is 22.4. The molecule has 0 fully saturated rings. The van der Waals surface area contributed by atoms with Crippen LogP contribution in [-0.4, -0.2) is 31.5 Å². The lowest BCUT2D eigenvalue weighted by Crippen LogP contribution is -2.36. The second-order valence-corrected chi connectivity index (χ2v) is 4.14. The maximum atomic E-state index is 11.5. The van der Waals surface area contributed by atoms with Crippen LogP contribution in [0.3, 0.4) is 0 Å². The summed E-state index contributed by atoms with van der Waals surface area (Å²) in [5, 5.41) is 13.4. The molecule has 1 aromatic carbocycles. The number of amides is 2. The number of aryl methyl sites for hydroxylation is 1. The number of carbonyl (C=O) groups is 2. The quantitative estimate of drug-likeness (QED) is 0.710. The Morgan fingerprint density at radius 3 is 2.35 bits per heavy atom. The highest BCUT2D eigenvalue weighted by atomic mass is 16.5. The number of carbonyl (C=O) groups excluding carboxylic acids is 2. The zero-order chi connectivity index (χ0) is 14.8. The van der Waals surface area contributed by atoms with Gasteiger partial charge in [-0.05, 0) is 19.1 Å². The molecule has 0 aliphatic carbocycles. The van der Waals surface area contributed by atoms with Crippen LogP contribution in [-0.2, 0) is 9.59 Å². The van der Waals surface area contributed by atoms with Crippen LogP contribution in [0, 0.1) is 18.3 Å². The molecule has 106 valence electrons. The SMILES string of the molecule is Cc1ccc(OCC(=O)NCCNC(=O)CC#N)cc1. The van der Waals surface area contributed by atoms with Crippen LogP contribution < -0.4 is 15.4 Å². The summed E-state index contributed by atoms with van der Waals surface area (Å²) < 4.78 is 5.30. The van der Waals surface area contributed by atoms with Gasteiger partial charge in [0.05, 0.1) is 6.07 Å². The number of hydrogen-bond donors (Lipinski definition) is 2. The first-order chi connectivity index (χ1) is 9.61. The van der Waals surface area contributed by atoms with Crippen molar-refractivity contribution >= 4 is 11.8 Å². The third-order valence-electron chi connectivity index (χ3n) is 2.40. The number of nitriles is 1. The second-order valence-electron chi connectivity index (χ2n) is 4.14. The molecule has 6 nitrogen and oxygen atoms in total. The molecule has 0 saturated heterocycles. The number of benzene rings is 1. The Kier molecular flexibility index (Phi) is 6.62. The highest BCUT2D eigenvalue weighted by Crippen LogP contribution is 2.10. The highest BCUT2D eigenvalue weighted by molar-refractivity contribution is 5.78. The lowest BCUT2D eigenvalue weighted by Gasteiger charge is -2.08. The Morgan fingerprint density at radius 1 is 1.15 bits per heavy atom. The van der Waals surface area contributed by atoms with Gasteiger partial charge in [-0.3, -0.25) is 9.59 Å². The molecule has 0 spiro atoms. The molecule has 0 atom stereocenters. The van der Waals surface area contributed by atoms with Crippen molar-refractivity contribution in [3.05, 3.63) is 29.8 Å². The molecular weight excluding hydrogens is 258 g/mol. The molecule has 2 N–H and O–H groups in total. The molecule has 0 radical (unpaired) electrons. The van der Waals surface area contributed by atoms with Gasteiger partial charge in [-0.25, -0.2) is 0 Å². The van der Waals surface area contributed by atoms with Crippen molar-refractivity contribution in [2.24, 2.45) is 0 Å². The monoisotopic (exact) mass is 275 g/mol. The second kappa shape index (κ2) is 8.53. The molecule has 0 aliphatic heterocycles. The van der Waals surface area contributed by atoms with Gasteiger partial charge in [-0.15, -0.1) is 0 Å². The van der Waals surface area contributed by atoms with Gasteiger partial charge in [0.15, 0.2) is 6.61 Å². The maximum Gasteiger partial charge on any atom is 0.258 e. The molecule has 20 heavy (non-hydrogen) atoms. The van der Waals surface area contributed by atoms with E-state index in [0.29, 0.717) is 12.3 Å². The van der Waals surface area contributed by atoms with Gasteiger partial charge in [0.25, 0.3) is 5.91 Å². The Balaban J connectivity index is 2.13. The maximum absolute atomic E-state index is 11.5. The van der Waals surface area contributed by atoms with Crippen LogP contribution >= 0.6 is 0 Å². The fourth-order valence-corrected chi connectivity index (χ4v) is 1.37. The Hall–Kier alpha value is -2.55. The van der Waals surface area contributed by atoms with Crippen molar-refractivity contribution < 1.29 is 14.3 Å². The normalized spacial score (nSPS) is 9.40. The van der Waals surface area contributed by atoms with E-state index in [9.17, 15) is 9.59 Å². The minimum absolute atomic E-state index is 0.0742. The molecule has 6 heteroatoms. The number of ether oxygens (including phenoxy) is 1. The van der Waals surface area contributed by atoms with Crippen LogP contribution in [0.25, 0.3) is 0 Å². The predicted octanol–water partition coefficient (Wildman–Crippen LogP) is 0.520. The van der Waals surface area contributed by atoms with Gasteiger partial charge in [0, 0.05) is 13.1 Å². The van der Waals surface area contributed by atoms with Crippen LogP contribution in [0.1, 0.15) is 12.0 Å². The molecular formula is C14H17N3O3. The van der Waals surface area contributed by atoms with Crippen molar-refractivity contribution in [3.8, 4) is 11.8 Å². The number of nitrogens with zero attached hydrogens (tertiary/aromatic N) is 1. The number of nitrogens with one attached hydrogen (secondary N) is 2. The van der Waals surface area contributed by atoms with Gasteiger partial charge >= 0.3 is 0 Å². The first-order valence-electron chi connectivity index (χ1n) is 6.21. The van der Waals surface area contributed by atoms with Gasteiger partial charge < -0.3 is 15.4 Å². The van der Waals surface area contributed by atoms with Crippen LogP contribution in [0.5, 0.6) is 5.75 Å². The van der Waals surface area contributed by atoms with Crippen molar-refractivity contribution in [3.63, 3.8) is 0 Å². The fourth-order valence-electron chi connectivity index (χ4n) is 1.37. The summed E-state index contributed by atoms with van der Waals surface area (Å²) >= 11 is 0. The largest absolute Gasteiger partial charge is 0.484 e. The molecule has 0 heterocycles. The Labute approximate surface area is 117 Å². The Bertz CT molecular complexity index is 491. The van der Waals surface area contributed by atoms with E-state index in [1.54, 1.807) is 18.2 Å². The van der Waals surface area contributed by atoms with E-state index in [2.05, 4.69) is 10.6 Å². The molecule has 0 aliphatic rings. The van der Waals surface area contributed by atoms with Crippen molar-refractivity contribution in [1.29, 1.82) is 5.26 Å². The van der Waals surface area contributed by atoms with E-state index in [4.69, 9.17) is 10.00 Å². The molecule has 2 amide bonds. The van der Waals surface area contributed by atoms with Crippen molar-refractivity contribution in [2.45, 2.75) is 13.3 Å². The first-order valence-corrected chi connectivity index (χ1v) is 6.21. The van der Waals surface area contributed by atoms with Crippen LogP contribution in [0.4, 0.5) is 0 Å². The summed E-state index contributed by atoms with van der Waals surface area (Å²) in [5.41, 5.74) is 1.12. The van der Waals surface area contributed by atoms with Crippen LogP contribution in [0.2, 0.25) is 0 Å². The molecule has 1 rings (SSSR count). The van der Waals surface area contributed by atoms with Gasteiger partial charge in [-0.2, -0.15) is 5.26 Å². The van der Waals surface area contributed by atoms with E-state index in [1.807, 2.05) is 19.1 Å². The zero-order valence-corrected chi connectivity index (χ0v) is 11.3. The Morgan fingerprint density at radius 2 is 1.75 bits per heavy atom. The topological polar surface area (TPSA) is 91.2 Å².